The van der Waals surface area contributed by atoms with Crippen LogP contribution in [-0.4, -0.2) is 36.3 Å². The lowest BCUT2D eigenvalue weighted by Crippen LogP contribution is -2.39. The number of halogens is 3. The van der Waals surface area contributed by atoms with Gasteiger partial charge in [-0.05, 0) is 25.1 Å². The standard InChI is InChI=1S/C9H17F3N2OS/c1-3-7(2)14-8(15)6-13-4-5-16-9(10,11)12/h7,13H,3-6H2,1-2H3,(H,14,15). The molecule has 0 aromatic carbocycles. The predicted octanol–water partition coefficient (Wildman–Crippen LogP) is 1.74. The van der Waals surface area contributed by atoms with Gasteiger partial charge in [0.05, 0.1) is 6.54 Å². The molecule has 0 bridgehead atoms. The van der Waals surface area contributed by atoms with Crippen molar-refractivity contribution < 1.29 is 18.0 Å². The average Bonchev–Trinajstić information content (AvgIpc) is 2.15. The molecular formula is C9H17F3N2OS. The Kier molecular flexibility index (Phi) is 7.57. The summed E-state index contributed by atoms with van der Waals surface area (Å²) in [4.78, 5) is 11.2. The lowest BCUT2D eigenvalue weighted by Gasteiger charge is -2.11. The van der Waals surface area contributed by atoms with Gasteiger partial charge in [0.1, 0.15) is 0 Å². The minimum atomic E-state index is -4.19. The van der Waals surface area contributed by atoms with E-state index in [1.54, 1.807) is 0 Å². The van der Waals surface area contributed by atoms with Gasteiger partial charge in [-0.25, -0.2) is 0 Å². The Balaban J connectivity index is 3.42. The molecule has 0 saturated carbocycles. The highest BCUT2D eigenvalue weighted by Crippen LogP contribution is 2.29. The molecule has 0 rings (SSSR count). The Morgan fingerprint density at radius 1 is 1.44 bits per heavy atom. The second kappa shape index (κ2) is 7.78. The molecule has 0 spiro atoms. The monoisotopic (exact) mass is 258 g/mol. The van der Waals surface area contributed by atoms with Gasteiger partial charge in [0, 0.05) is 18.3 Å². The maximum atomic E-state index is 11.7. The molecule has 1 amide bonds. The zero-order chi connectivity index (χ0) is 12.6. The average molecular weight is 258 g/mol. The quantitative estimate of drug-likeness (QED) is 0.683. The summed E-state index contributed by atoms with van der Waals surface area (Å²) in [6.07, 6.45) is 0.829. The Morgan fingerprint density at radius 2 is 2.06 bits per heavy atom. The van der Waals surface area contributed by atoms with Crippen molar-refractivity contribution in [1.29, 1.82) is 0 Å². The van der Waals surface area contributed by atoms with E-state index in [9.17, 15) is 18.0 Å². The first kappa shape index (κ1) is 15.6. The van der Waals surface area contributed by atoms with Crippen LogP contribution < -0.4 is 10.6 Å². The molecule has 0 saturated heterocycles. The van der Waals surface area contributed by atoms with Crippen LogP contribution in [0.3, 0.4) is 0 Å². The Labute approximate surface area is 97.5 Å². The molecule has 0 aliphatic heterocycles. The van der Waals surface area contributed by atoms with Crippen LogP contribution in [0, 0.1) is 0 Å². The number of carbonyl (C=O) groups is 1. The van der Waals surface area contributed by atoms with Gasteiger partial charge in [0.15, 0.2) is 0 Å². The molecule has 0 aliphatic rings. The number of amides is 1. The molecule has 1 atom stereocenters. The van der Waals surface area contributed by atoms with Crippen molar-refractivity contribution in [2.45, 2.75) is 31.8 Å². The topological polar surface area (TPSA) is 41.1 Å². The van der Waals surface area contributed by atoms with Gasteiger partial charge in [-0.2, -0.15) is 13.2 Å². The number of hydrogen-bond donors (Lipinski definition) is 2. The van der Waals surface area contributed by atoms with Crippen molar-refractivity contribution in [3.05, 3.63) is 0 Å². The fraction of sp³-hybridized carbons (Fsp3) is 0.889. The van der Waals surface area contributed by atoms with Gasteiger partial charge in [-0.1, -0.05) is 6.92 Å². The highest BCUT2D eigenvalue weighted by Gasteiger charge is 2.27. The molecule has 0 fully saturated rings. The van der Waals surface area contributed by atoms with Crippen molar-refractivity contribution in [3.8, 4) is 0 Å². The smallest absolute Gasteiger partial charge is 0.353 e. The van der Waals surface area contributed by atoms with Crippen molar-refractivity contribution in [2.24, 2.45) is 0 Å². The number of hydrogen-bond acceptors (Lipinski definition) is 3. The molecule has 96 valence electrons. The van der Waals surface area contributed by atoms with Crippen LogP contribution in [0.2, 0.25) is 0 Å². The fourth-order valence-electron chi connectivity index (χ4n) is 0.869. The first-order valence-electron chi connectivity index (χ1n) is 5.06. The number of carbonyl (C=O) groups excluding carboxylic acids is 1. The molecule has 0 aliphatic carbocycles. The van der Waals surface area contributed by atoms with E-state index in [1.807, 2.05) is 13.8 Å². The van der Waals surface area contributed by atoms with E-state index in [0.29, 0.717) is 0 Å². The Bertz CT molecular complexity index is 211. The molecule has 1 unspecified atom stereocenters. The maximum Gasteiger partial charge on any atom is 0.441 e. The van der Waals surface area contributed by atoms with E-state index in [2.05, 4.69) is 10.6 Å². The predicted molar refractivity (Wildman–Crippen MR) is 59.3 cm³/mol. The molecule has 0 aromatic heterocycles. The zero-order valence-electron chi connectivity index (χ0n) is 9.36. The summed E-state index contributed by atoms with van der Waals surface area (Å²) in [5, 5.41) is 5.36. The van der Waals surface area contributed by atoms with E-state index in [1.165, 1.54) is 0 Å². The second-order valence-electron chi connectivity index (χ2n) is 3.35. The third-order valence-corrected chi connectivity index (χ3v) is 2.59. The van der Waals surface area contributed by atoms with Crippen molar-refractivity contribution >= 4 is 17.7 Å². The van der Waals surface area contributed by atoms with Crippen molar-refractivity contribution in [1.82, 2.24) is 10.6 Å². The molecule has 2 N–H and O–H groups in total. The number of thioether (sulfide) groups is 1. The van der Waals surface area contributed by atoms with Crippen LogP contribution >= 0.6 is 11.8 Å². The first-order chi connectivity index (χ1) is 7.35. The summed E-state index contributed by atoms with van der Waals surface area (Å²) in [6.45, 7) is 4.04. The number of alkyl halides is 3. The lowest BCUT2D eigenvalue weighted by molar-refractivity contribution is -0.120. The van der Waals surface area contributed by atoms with Crippen LogP contribution in [-0.2, 0) is 4.79 Å². The normalized spacial score (nSPS) is 13.6. The Hall–Kier alpha value is -0.430. The molecule has 3 nitrogen and oxygen atoms in total. The van der Waals surface area contributed by atoms with Crippen LogP contribution in [0.25, 0.3) is 0 Å². The largest absolute Gasteiger partial charge is 0.441 e. The maximum absolute atomic E-state index is 11.7. The van der Waals surface area contributed by atoms with Gasteiger partial charge in [-0.3, -0.25) is 4.79 Å². The summed E-state index contributed by atoms with van der Waals surface area (Å²) in [5.74, 6) is -0.272. The molecule has 0 heterocycles. The second-order valence-corrected chi connectivity index (χ2v) is 4.51. The Morgan fingerprint density at radius 3 is 2.56 bits per heavy atom. The summed E-state index contributed by atoms with van der Waals surface area (Å²) in [5.41, 5.74) is -4.19. The summed E-state index contributed by atoms with van der Waals surface area (Å²) < 4.78 is 35.1. The first-order valence-corrected chi connectivity index (χ1v) is 6.04. The van der Waals surface area contributed by atoms with Gasteiger partial charge >= 0.3 is 5.51 Å². The van der Waals surface area contributed by atoms with E-state index < -0.39 is 5.51 Å². The fourth-order valence-corrected chi connectivity index (χ4v) is 1.35. The third-order valence-electron chi connectivity index (χ3n) is 1.85. The molecule has 7 heteroatoms. The number of rotatable bonds is 7. The van der Waals surface area contributed by atoms with Crippen molar-refractivity contribution in [3.63, 3.8) is 0 Å². The number of nitrogens with one attached hydrogen (secondary N) is 2. The minimum absolute atomic E-state index is 0.0583. The van der Waals surface area contributed by atoms with E-state index in [-0.39, 0.29) is 42.6 Å². The zero-order valence-corrected chi connectivity index (χ0v) is 10.2. The molecule has 16 heavy (non-hydrogen) atoms. The van der Waals surface area contributed by atoms with Crippen LogP contribution in [0.15, 0.2) is 0 Å². The SMILES string of the molecule is CCC(C)NC(=O)CNCCSC(F)(F)F. The highest BCUT2D eigenvalue weighted by molar-refractivity contribution is 8.00. The summed E-state index contributed by atoms with van der Waals surface area (Å²) in [7, 11) is 0. The summed E-state index contributed by atoms with van der Waals surface area (Å²) >= 11 is -0.0906. The lowest BCUT2D eigenvalue weighted by atomic mass is 10.2. The van der Waals surface area contributed by atoms with E-state index in [0.717, 1.165) is 6.42 Å². The van der Waals surface area contributed by atoms with E-state index >= 15 is 0 Å². The van der Waals surface area contributed by atoms with Gasteiger partial charge in [0.2, 0.25) is 5.91 Å². The van der Waals surface area contributed by atoms with Gasteiger partial charge in [-0.15, -0.1) is 0 Å². The van der Waals surface area contributed by atoms with Crippen molar-refractivity contribution in [2.75, 3.05) is 18.8 Å². The van der Waals surface area contributed by atoms with Crippen LogP contribution in [0.5, 0.6) is 0 Å². The molecule has 0 radical (unpaired) electrons. The van der Waals surface area contributed by atoms with E-state index in [4.69, 9.17) is 0 Å². The van der Waals surface area contributed by atoms with Crippen LogP contribution in [0.1, 0.15) is 20.3 Å². The highest BCUT2D eigenvalue weighted by atomic mass is 32.2. The minimum Gasteiger partial charge on any atom is -0.353 e. The summed E-state index contributed by atoms with van der Waals surface area (Å²) in [6, 6.07) is 0.0962. The van der Waals surface area contributed by atoms with Gasteiger partial charge < -0.3 is 10.6 Å². The van der Waals surface area contributed by atoms with Gasteiger partial charge in [0.25, 0.3) is 0 Å². The third kappa shape index (κ3) is 10.1. The molecular weight excluding hydrogens is 241 g/mol. The molecule has 0 aromatic rings. The van der Waals surface area contributed by atoms with Crippen LogP contribution in [0.4, 0.5) is 13.2 Å².